The maximum absolute atomic E-state index is 12.0. The van der Waals surface area contributed by atoms with Crippen LogP contribution in [-0.2, 0) is 6.18 Å². The lowest BCUT2D eigenvalue weighted by atomic mass is 10.6. The highest BCUT2D eigenvalue weighted by Gasteiger charge is 2.35. The van der Waals surface area contributed by atoms with Crippen LogP contribution in [0.15, 0.2) is 0 Å². The number of nitrogens with zero attached hydrogens (tertiary/aromatic N) is 3. The van der Waals surface area contributed by atoms with Crippen molar-refractivity contribution in [2.75, 3.05) is 20.0 Å². The molecule has 6 nitrogen and oxygen atoms in total. The second kappa shape index (κ2) is 5.29. The third-order valence-electron chi connectivity index (χ3n) is 1.07. The molecule has 0 aliphatic carbocycles. The van der Waals surface area contributed by atoms with Crippen LogP contribution in [0.5, 0.6) is 6.01 Å². The highest BCUT2D eigenvalue weighted by molar-refractivity contribution is 5.18. The van der Waals surface area contributed by atoms with Gasteiger partial charge in [-0.15, -0.1) is 0 Å². The van der Waals surface area contributed by atoms with Crippen molar-refractivity contribution in [3.05, 3.63) is 5.82 Å². The van der Waals surface area contributed by atoms with Crippen LogP contribution in [0.25, 0.3) is 0 Å². The molecule has 3 N–H and O–H groups in total. The molecule has 9 heteroatoms. The van der Waals surface area contributed by atoms with Gasteiger partial charge in [0.05, 0.1) is 7.11 Å². The molecule has 0 fully saturated rings. The van der Waals surface area contributed by atoms with Crippen LogP contribution >= 0.6 is 0 Å². The summed E-state index contributed by atoms with van der Waals surface area (Å²) in [5.74, 6) is -1.89. The Morgan fingerprint density at radius 3 is 2.13 bits per heavy atom. The van der Waals surface area contributed by atoms with Gasteiger partial charge in [-0.25, -0.2) is 0 Å². The van der Waals surface area contributed by atoms with Crippen LogP contribution in [0.4, 0.5) is 19.1 Å². The van der Waals surface area contributed by atoms with Crippen LogP contribution in [-0.4, -0.2) is 34.3 Å². The molecule has 0 saturated heterocycles. The summed E-state index contributed by atoms with van der Waals surface area (Å²) in [6, 6.07) is -0.458. The van der Waals surface area contributed by atoms with Gasteiger partial charge in [-0.3, -0.25) is 0 Å². The van der Waals surface area contributed by atoms with Gasteiger partial charge in [0.2, 0.25) is 11.8 Å². The molecule has 1 aromatic heterocycles. The normalized spacial score (nSPS) is 10.3. The first-order valence-corrected chi connectivity index (χ1v) is 3.51. The molecule has 15 heavy (non-hydrogen) atoms. The van der Waals surface area contributed by atoms with Crippen molar-refractivity contribution >= 4 is 5.95 Å². The van der Waals surface area contributed by atoms with E-state index in [4.69, 9.17) is 10.8 Å². The molecule has 0 aromatic carbocycles. The highest BCUT2D eigenvalue weighted by atomic mass is 19.4. The van der Waals surface area contributed by atoms with Crippen molar-refractivity contribution in [3.8, 4) is 6.01 Å². The average Bonchev–Trinajstić information content (AvgIpc) is 2.18. The quantitative estimate of drug-likeness (QED) is 0.704. The van der Waals surface area contributed by atoms with Crippen LogP contribution in [0, 0.1) is 0 Å². The number of methoxy groups -OCH3 is 1. The number of nitrogen functional groups attached to an aromatic ring is 1. The van der Waals surface area contributed by atoms with Gasteiger partial charge < -0.3 is 15.6 Å². The van der Waals surface area contributed by atoms with Crippen molar-refractivity contribution in [1.29, 1.82) is 0 Å². The standard InChI is InChI=1S/C5H5F3N4O.CH4O/c1-13-4-11-2(5(6,7)8)10-3(9)12-4;1-2/h1H3,(H2,9,10,11,12);2H,1H3. The number of hydrogen-bond donors (Lipinski definition) is 2. The Labute approximate surface area is 82.9 Å². The van der Waals surface area contributed by atoms with E-state index >= 15 is 0 Å². The molecule has 0 aliphatic rings. The van der Waals surface area contributed by atoms with Crippen molar-refractivity contribution in [2.45, 2.75) is 6.18 Å². The zero-order valence-corrected chi connectivity index (χ0v) is 7.91. The Kier molecular flexibility index (Phi) is 4.71. The third-order valence-corrected chi connectivity index (χ3v) is 1.07. The van der Waals surface area contributed by atoms with Gasteiger partial charge in [-0.1, -0.05) is 0 Å². The Bertz CT molecular complexity index is 318. The molecular formula is C6H9F3N4O2. The predicted octanol–water partition coefficient (Wildman–Crippen LogP) is 0.0897. The monoisotopic (exact) mass is 226 g/mol. The summed E-state index contributed by atoms with van der Waals surface area (Å²) in [5.41, 5.74) is 4.99. The lowest BCUT2D eigenvalue weighted by Gasteiger charge is -2.05. The number of ether oxygens (including phenoxy) is 1. The first-order chi connectivity index (χ1) is 6.93. The first-order valence-electron chi connectivity index (χ1n) is 3.51. The lowest BCUT2D eigenvalue weighted by molar-refractivity contribution is -0.145. The number of nitrogens with two attached hydrogens (primary N) is 1. The molecule has 1 heterocycles. The van der Waals surface area contributed by atoms with Crippen molar-refractivity contribution in [3.63, 3.8) is 0 Å². The number of rotatable bonds is 1. The second-order valence-corrected chi connectivity index (χ2v) is 2.00. The summed E-state index contributed by atoms with van der Waals surface area (Å²) in [5, 5.41) is 7.00. The summed E-state index contributed by atoms with van der Waals surface area (Å²) >= 11 is 0. The topological polar surface area (TPSA) is 94.2 Å². The van der Waals surface area contributed by atoms with Crippen molar-refractivity contribution in [2.24, 2.45) is 0 Å². The molecule has 1 rings (SSSR count). The maximum Gasteiger partial charge on any atom is 0.451 e. The van der Waals surface area contributed by atoms with Gasteiger partial charge in [-0.05, 0) is 0 Å². The Morgan fingerprint density at radius 1 is 1.20 bits per heavy atom. The number of halogens is 3. The van der Waals surface area contributed by atoms with Gasteiger partial charge in [0.15, 0.2) is 0 Å². The van der Waals surface area contributed by atoms with E-state index in [0.29, 0.717) is 0 Å². The minimum atomic E-state index is -4.65. The first kappa shape index (κ1) is 13.4. The molecule has 0 spiro atoms. The van der Waals surface area contributed by atoms with E-state index in [2.05, 4.69) is 19.7 Å². The van der Waals surface area contributed by atoms with Gasteiger partial charge in [0.25, 0.3) is 0 Å². The van der Waals surface area contributed by atoms with Gasteiger partial charge in [-0.2, -0.15) is 28.1 Å². The molecule has 0 radical (unpaired) electrons. The summed E-state index contributed by atoms with van der Waals surface area (Å²) in [7, 11) is 2.13. The lowest BCUT2D eigenvalue weighted by Crippen LogP contribution is -2.14. The van der Waals surface area contributed by atoms with E-state index in [0.717, 1.165) is 14.2 Å². The minimum Gasteiger partial charge on any atom is -0.467 e. The Balaban J connectivity index is 0.000000921. The van der Waals surface area contributed by atoms with Gasteiger partial charge in [0.1, 0.15) is 0 Å². The summed E-state index contributed by atoms with van der Waals surface area (Å²) in [4.78, 5) is 9.18. The molecule has 86 valence electrons. The molecule has 0 amide bonds. The van der Waals surface area contributed by atoms with Crippen molar-refractivity contribution < 1.29 is 23.0 Å². The number of aliphatic hydroxyl groups excluding tert-OH is 1. The molecule has 0 saturated carbocycles. The third kappa shape index (κ3) is 3.94. The number of aliphatic hydroxyl groups is 1. The number of anilines is 1. The second-order valence-electron chi connectivity index (χ2n) is 2.00. The molecule has 0 aliphatic heterocycles. The predicted molar refractivity (Wildman–Crippen MR) is 43.9 cm³/mol. The Hall–Kier alpha value is -1.64. The molecular weight excluding hydrogens is 217 g/mol. The van der Waals surface area contributed by atoms with E-state index in [1.807, 2.05) is 0 Å². The maximum atomic E-state index is 12.0. The fourth-order valence-corrected chi connectivity index (χ4v) is 0.590. The summed E-state index contributed by atoms with van der Waals surface area (Å²) < 4.78 is 40.4. The number of hydrogen-bond acceptors (Lipinski definition) is 6. The van der Waals surface area contributed by atoms with E-state index in [1.54, 1.807) is 0 Å². The summed E-state index contributed by atoms with van der Waals surface area (Å²) in [6.07, 6.45) is -4.65. The zero-order chi connectivity index (χ0) is 12.1. The molecule has 1 aromatic rings. The van der Waals surface area contributed by atoms with Gasteiger partial charge in [0, 0.05) is 7.11 Å². The van der Waals surface area contributed by atoms with E-state index in [9.17, 15) is 13.2 Å². The fourth-order valence-electron chi connectivity index (χ4n) is 0.590. The number of aromatic nitrogens is 3. The van der Waals surface area contributed by atoms with Crippen LogP contribution in [0.3, 0.4) is 0 Å². The largest absolute Gasteiger partial charge is 0.467 e. The molecule has 0 bridgehead atoms. The Morgan fingerprint density at radius 2 is 1.73 bits per heavy atom. The summed E-state index contributed by atoms with van der Waals surface area (Å²) in [6.45, 7) is 0. The van der Waals surface area contributed by atoms with Gasteiger partial charge >= 0.3 is 12.2 Å². The average molecular weight is 226 g/mol. The van der Waals surface area contributed by atoms with Crippen LogP contribution < -0.4 is 10.5 Å². The minimum absolute atomic E-state index is 0.458. The van der Waals surface area contributed by atoms with E-state index in [1.165, 1.54) is 0 Å². The van der Waals surface area contributed by atoms with E-state index in [-0.39, 0.29) is 0 Å². The van der Waals surface area contributed by atoms with Crippen molar-refractivity contribution in [1.82, 2.24) is 15.0 Å². The smallest absolute Gasteiger partial charge is 0.451 e. The highest BCUT2D eigenvalue weighted by Crippen LogP contribution is 2.26. The SMILES string of the molecule is CO.COc1nc(N)nc(C(F)(F)F)n1. The zero-order valence-electron chi connectivity index (χ0n) is 7.91. The van der Waals surface area contributed by atoms with Crippen LogP contribution in [0.1, 0.15) is 5.82 Å². The number of alkyl halides is 3. The fraction of sp³-hybridized carbons (Fsp3) is 0.500. The molecule has 0 unspecified atom stereocenters. The van der Waals surface area contributed by atoms with E-state index < -0.39 is 24.0 Å². The van der Waals surface area contributed by atoms with Crippen LogP contribution in [0.2, 0.25) is 0 Å². The molecule has 0 atom stereocenters.